The summed E-state index contributed by atoms with van der Waals surface area (Å²) in [4.78, 5) is 0. The quantitative estimate of drug-likeness (QED) is 0.514. The predicted octanol–water partition coefficient (Wildman–Crippen LogP) is 2.33. The molecule has 0 bridgehead atoms. The second-order valence-corrected chi connectivity index (χ2v) is 2.85. The molecule has 0 aliphatic carbocycles. The summed E-state index contributed by atoms with van der Waals surface area (Å²) in [5.41, 5.74) is 8.89. The third-order valence-electron chi connectivity index (χ3n) is 2.07. The molecule has 0 radical (unpaired) electrons. The molecule has 0 saturated heterocycles. The zero-order valence-electron chi connectivity index (χ0n) is 6.95. The minimum atomic E-state index is 0.560. The van der Waals surface area contributed by atoms with E-state index in [-0.39, 0.29) is 0 Å². The highest BCUT2D eigenvalue weighted by molar-refractivity contribution is 6.00. The van der Waals surface area contributed by atoms with Crippen molar-refractivity contribution in [1.82, 2.24) is 0 Å². The average molecular weight is 173 g/mol. The fourth-order valence-electron chi connectivity index (χ4n) is 1.42. The van der Waals surface area contributed by atoms with Crippen LogP contribution in [-0.4, -0.2) is 0 Å². The molecule has 66 valence electrons. The van der Waals surface area contributed by atoms with Crippen molar-refractivity contribution in [1.29, 1.82) is 0 Å². The third-order valence-corrected chi connectivity index (χ3v) is 2.07. The fourth-order valence-corrected chi connectivity index (χ4v) is 1.42. The Morgan fingerprint density at radius 2 is 1.69 bits per heavy atom. The highest BCUT2D eigenvalue weighted by atomic mass is 16.5. The first-order chi connectivity index (χ1) is 6.33. The molecule has 0 amide bonds. The summed E-state index contributed by atoms with van der Waals surface area (Å²) in [5.74, 6) is 0. The van der Waals surface area contributed by atoms with Crippen LogP contribution in [0.1, 0.15) is 0 Å². The lowest BCUT2D eigenvalue weighted by atomic mass is 10.1. The van der Waals surface area contributed by atoms with E-state index in [1.807, 2.05) is 29.7 Å². The SMILES string of the molecule is Nc1cccc2c(N[O-])cccc12. The zero-order valence-corrected chi connectivity index (χ0v) is 6.95. The van der Waals surface area contributed by atoms with Crippen LogP contribution in [-0.2, 0) is 0 Å². The Morgan fingerprint density at radius 1 is 1.00 bits per heavy atom. The standard InChI is InChI=1S/C10H9N2O/c11-9-5-1-4-8-7(9)3-2-6-10(8)12-13/h1-6,12H,11H2/q-1. The first-order valence-electron chi connectivity index (χ1n) is 3.98. The number of hydrogen-bond donors (Lipinski definition) is 2. The summed E-state index contributed by atoms with van der Waals surface area (Å²) in [6.45, 7) is 0. The van der Waals surface area contributed by atoms with Gasteiger partial charge in [-0.05, 0) is 12.1 Å². The minimum absolute atomic E-state index is 0.560. The molecular formula is C10H9N2O-. The number of nitrogen functional groups attached to an aromatic ring is 1. The normalized spacial score (nSPS) is 10.2. The van der Waals surface area contributed by atoms with Gasteiger partial charge >= 0.3 is 0 Å². The number of fused-ring (bicyclic) bond motifs is 1. The van der Waals surface area contributed by atoms with Crippen molar-refractivity contribution in [3.05, 3.63) is 41.6 Å². The average Bonchev–Trinajstić information content (AvgIpc) is 2.18. The van der Waals surface area contributed by atoms with E-state index in [0.717, 1.165) is 10.8 Å². The lowest BCUT2D eigenvalue weighted by Gasteiger charge is -2.12. The Kier molecular flexibility index (Phi) is 1.79. The molecule has 0 unspecified atom stereocenters. The van der Waals surface area contributed by atoms with Crippen LogP contribution in [0.3, 0.4) is 0 Å². The van der Waals surface area contributed by atoms with Crippen LogP contribution >= 0.6 is 0 Å². The topological polar surface area (TPSA) is 61.1 Å². The monoisotopic (exact) mass is 173 g/mol. The molecule has 3 nitrogen and oxygen atoms in total. The second-order valence-electron chi connectivity index (χ2n) is 2.85. The van der Waals surface area contributed by atoms with E-state index in [1.54, 1.807) is 12.1 Å². The highest BCUT2D eigenvalue weighted by Gasteiger charge is 1.98. The molecule has 3 N–H and O–H groups in total. The van der Waals surface area contributed by atoms with E-state index in [4.69, 9.17) is 5.73 Å². The third kappa shape index (κ3) is 1.19. The van der Waals surface area contributed by atoms with Crippen LogP contribution in [0.15, 0.2) is 36.4 Å². The first-order valence-corrected chi connectivity index (χ1v) is 3.98. The minimum Gasteiger partial charge on any atom is -0.761 e. The van der Waals surface area contributed by atoms with Gasteiger partial charge in [0.05, 0.1) is 0 Å². The maximum atomic E-state index is 10.6. The van der Waals surface area contributed by atoms with Crippen molar-refractivity contribution in [2.45, 2.75) is 0 Å². The maximum Gasteiger partial charge on any atom is 0.0394 e. The van der Waals surface area contributed by atoms with Gasteiger partial charge in [-0.3, -0.25) is 0 Å². The molecule has 0 fully saturated rings. The second kappa shape index (κ2) is 2.95. The smallest absolute Gasteiger partial charge is 0.0394 e. The maximum absolute atomic E-state index is 10.6. The summed E-state index contributed by atoms with van der Waals surface area (Å²) < 4.78 is 0. The molecule has 0 aliphatic rings. The Bertz CT molecular complexity index is 440. The van der Waals surface area contributed by atoms with E-state index < -0.39 is 0 Å². The van der Waals surface area contributed by atoms with Gasteiger partial charge in [0.15, 0.2) is 0 Å². The number of nitrogens with one attached hydrogen (secondary N) is 1. The van der Waals surface area contributed by atoms with Gasteiger partial charge in [0.2, 0.25) is 0 Å². The first kappa shape index (κ1) is 7.89. The van der Waals surface area contributed by atoms with Crippen LogP contribution in [0.5, 0.6) is 0 Å². The number of rotatable bonds is 1. The summed E-state index contributed by atoms with van der Waals surface area (Å²) in [5, 5.41) is 12.3. The molecule has 13 heavy (non-hydrogen) atoms. The van der Waals surface area contributed by atoms with E-state index in [2.05, 4.69) is 0 Å². The number of hydrogen-bond acceptors (Lipinski definition) is 3. The van der Waals surface area contributed by atoms with Gasteiger partial charge in [-0.25, -0.2) is 0 Å². The van der Waals surface area contributed by atoms with E-state index in [0.29, 0.717) is 11.4 Å². The fraction of sp³-hybridized carbons (Fsp3) is 0. The summed E-state index contributed by atoms with van der Waals surface area (Å²) in [7, 11) is 0. The molecule has 2 rings (SSSR count). The zero-order chi connectivity index (χ0) is 9.26. The molecule has 0 saturated carbocycles. The molecule has 0 spiro atoms. The van der Waals surface area contributed by atoms with Gasteiger partial charge in [0, 0.05) is 22.1 Å². The molecular weight excluding hydrogens is 164 g/mol. The Hall–Kier alpha value is -1.74. The summed E-state index contributed by atoms with van der Waals surface area (Å²) >= 11 is 0. The van der Waals surface area contributed by atoms with Crippen molar-refractivity contribution in [3.8, 4) is 0 Å². The highest BCUT2D eigenvalue weighted by Crippen LogP contribution is 2.26. The van der Waals surface area contributed by atoms with Crippen molar-refractivity contribution >= 4 is 22.1 Å². The van der Waals surface area contributed by atoms with Gasteiger partial charge < -0.3 is 16.4 Å². The van der Waals surface area contributed by atoms with E-state index >= 15 is 0 Å². The molecule has 2 aromatic rings. The molecule has 0 aliphatic heterocycles. The van der Waals surface area contributed by atoms with Crippen LogP contribution in [0, 0.1) is 5.21 Å². The van der Waals surface area contributed by atoms with Crippen molar-refractivity contribution < 1.29 is 0 Å². The van der Waals surface area contributed by atoms with E-state index in [1.165, 1.54) is 0 Å². The van der Waals surface area contributed by atoms with E-state index in [9.17, 15) is 5.21 Å². The predicted molar refractivity (Wildman–Crippen MR) is 55.4 cm³/mol. The van der Waals surface area contributed by atoms with Crippen LogP contribution < -0.4 is 11.2 Å². The van der Waals surface area contributed by atoms with Crippen molar-refractivity contribution in [2.24, 2.45) is 0 Å². The lowest BCUT2D eigenvalue weighted by molar-refractivity contribution is 1.65. The van der Waals surface area contributed by atoms with Gasteiger partial charge in [-0.1, -0.05) is 24.3 Å². The number of benzene rings is 2. The summed E-state index contributed by atoms with van der Waals surface area (Å²) in [6, 6.07) is 10.9. The Labute approximate surface area is 75.8 Å². The largest absolute Gasteiger partial charge is 0.761 e. The number of anilines is 2. The van der Waals surface area contributed by atoms with Crippen LogP contribution in [0.25, 0.3) is 10.8 Å². The van der Waals surface area contributed by atoms with Gasteiger partial charge in [0.25, 0.3) is 0 Å². The molecule has 0 atom stereocenters. The Balaban J connectivity index is 2.84. The lowest BCUT2D eigenvalue weighted by Crippen LogP contribution is -1.90. The molecule has 0 aromatic heterocycles. The molecule has 0 heterocycles. The van der Waals surface area contributed by atoms with Gasteiger partial charge in [-0.15, -0.1) is 0 Å². The van der Waals surface area contributed by atoms with Gasteiger partial charge in [-0.2, -0.15) is 0 Å². The molecule has 3 heteroatoms. The van der Waals surface area contributed by atoms with Gasteiger partial charge in [0.1, 0.15) is 0 Å². The van der Waals surface area contributed by atoms with Crippen molar-refractivity contribution in [2.75, 3.05) is 11.2 Å². The van der Waals surface area contributed by atoms with Crippen LogP contribution in [0.2, 0.25) is 0 Å². The van der Waals surface area contributed by atoms with Crippen molar-refractivity contribution in [3.63, 3.8) is 0 Å². The molecule has 2 aromatic carbocycles. The Morgan fingerprint density at radius 3 is 2.46 bits per heavy atom. The number of nitrogens with two attached hydrogens (primary N) is 1. The van der Waals surface area contributed by atoms with Crippen LogP contribution in [0.4, 0.5) is 11.4 Å². The summed E-state index contributed by atoms with van der Waals surface area (Å²) in [6.07, 6.45) is 0.